The second kappa shape index (κ2) is 6.44. The number of sulfone groups is 1. The number of hydrogen-bond donors (Lipinski definition) is 3. The van der Waals surface area contributed by atoms with Crippen LogP contribution in [-0.2, 0) is 14.6 Å². The van der Waals surface area contributed by atoms with E-state index in [1.54, 1.807) is 6.92 Å². The number of carbonyl (C=O) groups is 2. The predicted octanol–water partition coefficient (Wildman–Crippen LogP) is -1.54. The molecular formula is C8H17N3O4S. The highest BCUT2D eigenvalue weighted by atomic mass is 32.2. The summed E-state index contributed by atoms with van der Waals surface area (Å²) in [7, 11) is -1.65. The molecule has 0 spiro atoms. The molecule has 0 saturated heterocycles. The van der Waals surface area contributed by atoms with Gasteiger partial charge in [0.05, 0.1) is 11.8 Å². The molecule has 1 atom stereocenters. The Bertz CT molecular complexity index is 352. The average molecular weight is 251 g/mol. The second-order valence-corrected chi connectivity index (χ2v) is 5.63. The molecule has 0 fully saturated rings. The molecule has 0 aliphatic carbocycles. The van der Waals surface area contributed by atoms with Gasteiger partial charge in [-0.05, 0) is 6.92 Å². The van der Waals surface area contributed by atoms with Crippen LogP contribution < -0.4 is 16.0 Å². The minimum absolute atomic E-state index is 0.0510. The second-order valence-electron chi connectivity index (χ2n) is 3.37. The number of imide groups is 1. The number of amides is 3. The van der Waals surface area contributed by atoms with Gasteiger partial charge in [-0.2, -0.15) is 0 Å². The zero-order chi connectivity index (χ0) is 12.8. The molecular weight excluding hydrogens is 234 g/mol. The number of rotatable bonds is 5. The molecule has 94 valence electrons. The van der Waals surface area contributed by atoms with E-state index in [9.17, 15) is 18.0 Å². The minimum atomic E-state index is -3.05. The molecule has 0 bridgehead atoms. The Balaban J connectivity index is 3.93. The molecule has 0 rings (SSSR count). The van der Waals surface area contributed by atoms with E-state index >= 15 is 0 Å². The Kier molecular flexibility index (Phi) is 5.97. The van der Waals surface area contributed by atoms with Gasteiger partial charge < -0.3 is 10.6 Å². The van der Waals surface area contributed by atoms with Crippen LogP contribution in [0.3, 0.4) is 0 Å². The normalized spacial score (nSPS) is 12.9. The monoisotopic (exact) mass is 251 g/mol. The summed E-state index contributed by atoms with van der Waals surface area (Å²) in [6.07, 6.45) is 1.12. The van der Waals surface area contributed by atoms with Crippen LogP contribution >= 0.6 is 0 Å². The minimum Gasteiger partial charge on any atom is -0.341 e. The van der Waals surface area contributed by atoms with Crippen molar-refractivity contribution >= 4 is 21.8 Å². The van der Waals surface area contributed by atoms with E-state index < -0.39 is 27.8 Å². The van der Waals surface area contributed by atoms with Crippen molar-refractivity contribution in [1.82, 2.24) is 16.0 Å². The van der Waals surface area contributed by atoms with Crippen molar-refractivity contribution in [2.24, 2.45) is 0 Å². The van der Waals surface area contributed by atoms with Gasteiger partial charge in [0.1, 0.15) is 9.84 Å². The molecule has 0 aliphatic rings. The van der Waals surface area contributed by atoms with Gasteiger partial charge in [-0.3, -0.25) is 10.1 Å². The van der Waals surface area contributed by atoms with E-state index in [1.165, 1.54) is 7.05 Å². The Morgan fingerprint density at radius 2 is 1.88 bits per heavy atom. The van der Waals surface area contributed by atoms with Crippen molar-refractivity contribution < 1.29 is 18.0 Å². The molecule has 16 heavy (non-hydrogen) atoms. The number of hydrogen-bond acceptors (Lipinski definition) is 5. The summed E-state index contributed by atoms with van der Waals surface area (Å²) in [5.74, 6) is -0.558. The average Bonchev–Trinajstić information content (AvgIpc) is 2.15. The van der Waals surface area contributed by atoms with E-state index in [2.05, 4.69) is 16.0 Å². The predicted molar refractivity (Wildman–Crippen MR) is 59.8 cm³/mol. The summed E-state index contributed by atoms with van der Waals surface area (Å²) in [6, 6.07) is -1.22. The Morgan fingerprint density at radius 1 is 1.31 bits per heavy atom. The van der Waals surface area contributed by atoms with Crippen molar-refractivity contribution in [2.45, 2.75) is 13.0 Å². The van der Waals surface area contributed by atoms with E-state index in [0.29, 0.717) is 0 Å². The van der Waals surface area contributed by atoms with Gasteiger partial charge in [-0.15, -0.1) is 0 Å². The van der Waals surface area contributed by atoms with Crippen molar-refractivity contribution in [2.75, 3.05) is 25.6 Å². The van der Waals surface area contributed by atoms with Gasteiger partial charge in [0, 0.05) is 19.8 Å². The quantitative estimate of drug-likeness (QED) is 0.549. The van der Waals surface area contributed by atoms with Gasteiger partial charge in [0.15, 0.2) is 0 Å². The molecule has 0 aromatic carbocycles. The number of carbonyl (C=O) groups excluding carboxylic acids is 2. The molecule has 0 aromatic rings. The first-order chi connectivity index (χ1) is 7.26. The van der Waals surface area contributed by atoms with Crippen molar-refractivity contribution in [3.63, 3.8) is 0 Å². The topological polar surface area (TPSA) is 104 Å². The molecule has 8 heteroatoms. The van der Waals surface area contributed by atoms with Crippen molar-refractivity contribution in [1.29, 1.82) is 0 Å². The van der Waals surface area contributed by atoms with Gasteiger partial charge >= 0.3 is 6.03 Å². The summed E-state index contributed by atoms with van der Waals surface area (Å²) >= 11 is 0. The lowest BCUT2D eigenvalue weighted by Gasteiger charge is -2.12. The largest absolute Gasteiger partial charge is 0.341 e. The van der Waals surface area contributed by atoms with E-state index in [-0.39, 0.29) is 12.3 Å². The maximum atomic E-state index is 11.3. The molecule has 3 N–H and O–H groups in total. The van der Waals surface area contributed by atoms with Gasteiger partial charge in [-0.25, -0.2) is 13.2 Å². The maximum absolute atomic E-state index is 11.3. The molecule has 0 aromatic heterocycles. The highest BCUT2D eigenvalue weighted by molar-refractivity contribution is 7.90. The van der Waals surface area contributed by atoms with Crippen molar-refractivity contribution in [3.05, 3.63) is 0 Å². The first-order valence-electron chi connectivity index (χ1n) is 4.70. The molecule has 0 aliphatic heterocycles. The molecule has 0 saturated carbocycles. The summed E-state index contributed by atoms with van der Waals surface area (Å²) in [5.41, 5.74) is 0. The molecule has 0 heterocycles. The summed E-state index contributed by atoms with van der Waals surface area (Å²) < 4.78 is 21.6. The fraction of sp³-hybridized carbons (Fsp3) is 0.750. The van der Waals surface area contributed by atoms with Gasteiger partial charge in [-0.1, -0.05) is 0 Å². The first-order valence-corrected chi connectivity index (χ1v) is 6.76. The van der Waals surface area contributed by atoms with Crippen LogP contribution in [0.1, 0.15) is 6.92 Å². The molecule has 3 amide bonds. The fourth-order valence-corrected chi connectivity index (χ4v) is 1.32. The zero-order valence-electron chi connectivity index (χ0n) is 9.53. The lowest BCUT2D eigenvalue weighted by molar-refractivity contribution is -0.121. The third-order valence-electron chi connectivity index (χ3n) is 1.78. The molecule has 1 unspecified atom stereocenters. The van der Waals surface area contributed by atoms with Crippen LogP contribution in [0.25, 0.3) is 0 Å². The molecule has 0 radical (unpaired) electrons. The van der Waals surface area contributed by atoms with Crippen LogP contribution in [0.5, 0.6) is 0 Å². The summed E-state index contributed by atoms with van der Waals surface area (Å²) in [5, 5.41) is 7.01. The third kappa shape index (κ3) is 7.18. The van der Waals surface area contributed by atoms with Gasteiger partial charge in [0.25, 0.3) is 0 Å². The lowest BCUT2D eigenvalue weighted by Crippen LogP contribution is -2.48. The summed E-state index contributed by atoms with van der Waals surface area (Å²) in [4.78, 5) is 22.1. The van der Waals surface area contributed by atoms with E-state index in [0.717, 1.165) is 6.26 Å². The van der Waals surface area contributed by atoms with Gasteiger partial charge in [0.2, 0.25) is 5.91 Å². The standard InChI is InChI=1S/C8H17N3O4S/c1-6(7(12)11-8(13)9-2)10-4-5-16(3,14)15/h6,10H,4-5H2,1-3H3,(H2,9,11,12,13). The number of urea groups is 1. The zero-order valence-corrected chi connectivity index (χ0v) is 10.3. The Labute approximate surface area is 94.9 Å². The first kappa shape index (κ1) is 14.8. The van der Waals surface area contributed by atoms with Crippen LogP contribution in [-0.4, -0.2) is 52.0 Å². The fourth-order valence-electron chi connectivity index (χ4n) is 0.836. The van der Waals surface area contributed by atoms with Crippen LogP contribution in [0.4, 0.5) is 4.79 Å². The van der Waals surface area contributed by atoms with E-state index in [1.807, 2.05) is 0 Å². The SMILES string of the molecule is CNC(=O)NC(=O)C(C)NCCS(C)(=O)=O. The van der Waals surface area contributed by atoms with E-state index in [4.69, 9.17) is 0 Å². The maximum Gasteiger partial charge on any atom is 0.321 e. The lowest BCUT2D eigenvalue weighted by atomic mass is 10.3. The Morgan fingerprint density at radius 3 is 2.31 bits per heavy atom. The number of nitrogens with one attached hydrogen (secondary N) is 3. The third-order valence-corrected chi connectivity index (χ3v) is 2.73. The highest BCUT2D eigenvalue weighted by Gasteiger charge is 2.14. The van der Waals surface area contributed by atoms with Crippen LogP contribution in [0.15, 0.2) is 0 Å². The van der Waals surface area contributed by atoms with Crippen molar-refractivity contribution in [3.8, 4) is 0 Å². The Hall–Kier alpha value is -1.15. The summed E-state index contributed by atoms with van der Waals surface area (Å²) in [6.45, 7) is 1.71. The smallest absolute Gasteiger partial charge is 0.321 e. The molecule has 7 nitrogen and oxygen atoms in total. The van der Waals surface area contributed by atoms with Crippen LogP contribution in [0, 0.1) is 0 Å². The van der Waals surface area contributed by atoms with Crippen LogP contribution in [0.2, 0.25) is 0 Å². The highest BCUT2D eigenvalue weighted by Crippen LogP contribution is 1.84.